The second-order valence-corrected chi connectivity index (χ2v) is 5.88. The van der Waals surface area contributed by atoms with Gasteiger partial charge < -0.3 is 5.32 Å². The van der Waals surface area contributed by atoms with Crippen LogP contribution in [-0.4, -0.2) is 15.9 Å². The van der Waals surface area contributed by atoms with Crippen LogP contribution in [0.3, 0.4) is 0 Å². The third kappa shape index (κ3) is 4.29. The Labute approximate surface area is 148 Å². The summed E-state index contributed by atoms with van der Waals surface area (Å²) in [5.41, 5.74) is 3.88. The molecule has 4 nitrogen and oxygen atoms in total. The maximum Gasteiger partial charge on any atom is 0.227 e. The number of amides is 1. The lowest BCUT2D eigenvalue weighted by Gasteiger charge is -2.15. The monoisotopic (exact) mass is 331 g/mol. The van der Waals surface area contributed by atoms with Crippen LogP contribution in [0.5, 0.6) is 0 Å². The molecule has 0 spiro atoms. The van der Waals surface area contributed by atoms with Crippen LogP contribution in [0.25, 0.3) is 11.3 Å². The summed E-state index contributed by atoms with van der Waals surface area (Å²) >= 11 is 0. The smallest absolute Gasteiger partial charge is 0.227 e. The second kappa shape index (κ2) is 8.20. The maximum absolute atomic E-state index is 12.5. The first-order valence-corrected chi connectivity index (χ1v) is 8.46. The first kappa shape index (κ1) is 16.8. The molecule has 0 fully saturated rings. The van der Waals surface area contributed by atoms with Crippen molar-refractivity contribution in [1.29, 1.82) is 0 Å². The van der Waals surface area contributed by atoms with Gasteiger partial charge in [0.2, 0.25) is 5.91 Å². The fourth-order valence-electron chi connectivity index (χ4n) is 2.78. The molecular formula is C21H21N3O. The quantitative estimate of drug-likeness (QED) is 0.744. The lowest BCUT2D eigenvalue weighted by atomic mass is 9.95. The molecule has 126 valence electrons. The summed E-state index contributed by atoms with van der Waals surface area (Å²) in [6.45, 7) is 2.50. The van der Waals surface area contributed by atoms with Gasteiger partial charge in [0.25, 0.3) is 0 Å². The standard InChI is InChI=1S/C21H21N3O/c1-2-19(17-7-4-3-5-8-17)21(25)24-14-16-10-11-20(23-13-16)18-9-6-12-22-15-18/h3-13,15,19H,2,14H2,1H3,(H,24,25). The Kier molecular flexibility index (Phi) is 5.52. The summed E-state index contributed by atoms with van der Waals surface area (Å²) in [7, 11) is 0. The van der Waals surface area contributed by atoms with E-state index in [2.05, 4.69) is 15.3 Å². The zero-order valence-corrected chi connectivity index (χ0v) is 14.2. The van der Waals surface area contributed by atoms with Crippen LogP contribution >= 0.6 is 0 Å². The van der Waals surface area contributed by atoms with Gasteiger partial charge in [0.1, 0.15) is 0 Å². The second-order valence-electron chi connectivity index (χ2n) is 5.88. The molecule has 4 heteroatoms. The van der Waals surface area contributed by atoms with Crippen molar-refractivity contribution in [3.05, 3.63) is 84.3 Å². The Morgan fingerprint density at radius 2 is 1.88 bits per heavy atom. The summed E-state index contributed by atoms with van der Waals surface area (Å²) in [6, 6.07) is 17.7. The predicted molar refractivity (Wildman–Crippen MR) is 98.8 cm³/mol. The normalized spacial score (nSPS) is 11.7. The number of hydrogen-bond acceptors (Lipinski definition) is 3. The average molecular weight is 331 g/mol. The van der Waals surface area contributed by atoms with Crippen molar-refractivity contribution in [3.63, 3.8) is 0 Å². The molecule has 3 rings (SSSR count). The van der Waals surface area contributed by atoms with E-state index >= 15 is 0 Å². The number of hydrogen-bond donors (Lipinski definition) is 1. The van der Waals surface area contributed by atoms with Gasteiger partial charge in [0.05, 0.1) is 11.6 Å². The summed E-state index contributed by atoms with van der Waals surface area (Å²) in [6.07, 6.45) is 6.10. The minimum absolute atomic E-state index is 0.0463. The van der Waals surface area contributed by atoms with Crippen LogP contribution in [0.15, 0.2) is 73.2 Å². The molecule has 1 unspecified atom stereocenters. The first-order valence-electron chi connectivity index (χ1n) is 8.46. The topological polar surface area (TPSA) is 54.9 Å². The minimum atomic E-state index is -0.121. The van der Waals surface area contributed by atoms with Gasteiger partial charge in [-0.1, -0.05) is 43.3 Å². The molecule has 0 aliphatic rings. The largest absolute Gasteiger partial charge is 0.351 e. The van der Waals surface area contributed by atoms with Gasteiger partial charge in [-0.3, -0.25) is 14.8 Å². The molecule has 1 atom stereocenters. The number of rotatable bonds is 6. The molecule has 0 saturated heterocycles. The average Bonchev–Trinajstić information content (AvgIpc) is 2.69. The van der Waals surface area contributed by atoms with Gasteiger partial charge in [-0.2, -0.15) is 0 Å². The number of nitrogens with one attached hydrogen (secondary N) is 1. The van der Waals surface area contributed by atoms with E-state index in [4.69, 9.17) is 0 Å². The van der Waals surface area contributed by atoms with Crippen LogP contribution in [-0.2, 0) is 11.3 Å². The number of nitrogens with zero attached hydrogens (tertiary/aromatic N) is 2. The molecule has 3 aromatic rings. The highest BCUT2D eigenvalue weighted by molar-refractivity contribution is 5.83. The highest BCUT2D eigenvalue weighted by Crippen LogP contribution is 2.19. The number of carbonyl (C=O) groups is 1. The van der Waals surface area contributed by atoms with Crippen molar-refractivity contribution >= 4 is 5.91 Å². The molecule has 2 aromatic heterocycles. The number of pyridine rings is 2. The Morgan fingerprint density at radius 1 is 1.04 bits per heavy atom. The zero-order chi connectivity index (χ0) is 17.5. The van der Waals surface area contributed by atoms with E-state index in [1.165, 1.54) is 0 Å². The van der Waals surface area contributed by atoms with E-state index in [9.17, 15) is 4.79 Å². The summed E-state index contributed by atoms with van der Waals surface area (Å²) in [4.78, 5) is 21.1. The van der Waals surface area contributed by atoms with Crippen molar-refractivity contribution in [2.24, 2.45) is 0 Å². The fraction of sp³-hybridized carbons (Fsp3) is 0.190. The van der Waals surface area contributed by atoms with Gasteiger partial charge in [0.15, 0.2) is 0 Å². The fourth-order valence-corrected chi connectivity index (χ4v) is 2.78. The molecule has 0 radical (unpaired) electrons. The Bertz CT molecular complexity index is 802. The third-order valence-electron chi connectivity index (χ3n) is 4.18. The highest BCUT2D eigenvalue weighted by Gasteiger charge is 2.17. The Morgan fingerprint density at radius 3 is 2.52 bits per heavy atom. The summed E-state index contributed by atoms with van der Waals surface area (Å²) < 4.78 is 0. The predicted octanol–water partition coefficient (Wildman–Crippen LogP) is 3.95. The number of carbonyl (C=O) groups excluding carboxylic acids is 1. The van der Waals surface area contributed by atoms with Gasteiger partial charge >= 0.3 is 0 Å². The van der Waals surface area contributed by atoms with E-state index in [-0.39, 0.29) is 11.8 Å². The van der Waals surface area contributed by atoms with E-state index in [0.29, 0.717) is 6.54 Å². The minimum Gasteiger partial charge on any atom is -0.351 e. The van der Waals surface area contributed by atoms with Crippen molar-refractivity contribution < 1.29 is 4.79 Å². The van der Waals surface area contributed by atoms with Gasteiger partial charge in [-0.05, 0) is 35.7 Å². The highest BCUT2D eigenvalue weighted by atomic mass is 16.1. The van der Waals surface area contributed by atoms with Crippen molar-refractivity contribution in [2.45, 2.75) is 25.8 Å². The van der Waals surface area contributed by atoms with E-state index in [0.717, 1.165) is 28.8 Å². The lowest BCUT2D eigenvalue weighted by molar-refractivity contribution is -0.122. The van der Waals surface area contributed by atoms with E-state index < -0.39 is 0 Å². The van der Waals surface area contributed by atoms with E-state index in [1.807, 2.05) is 61.5 Å². The molecule has 2 heterocycles. The van der Waals surface area contributed by atoms with Crippen LogP contribution in [0.4, 0.5) is 0 Å². The summed E-state index contributed by atoms with van der Waals surface area (Å²) in [5.74, 6) is -0.0751. The molecular weight excluding hydrogens is 310 g/mol. The van der Waals surface area contributed by atoms with Gasteiger partial charge in [-0.25, -0.2) is 0 Å². The maximum atomic E-state index is 12.5. The molecule has 0 bridgehead atoms. The first-order chi connectivity index (χ1) is 12.3. The van der Waals surface area contributed by atoms with Crippen molar-refractivity contribution in [1.82, 2.24) is 15.3 Å². The van der Waals surface area contributed by atoms with Crippen LogP contribution < -0.4 is 5.32 Å². The van der Waals surface area contributed by atoms with Crippen LogP contribution in [0, 0.1) is 0 Å². The lowest BCUT2D eigenvalue weighted by Crippen LogP contribution is -2.28. The van der Waals surface area contributed by atoms with E-state index in [1.54, 1.807) is 18.6 Å². The molecule has 1 amide bonds. The molecule has 25 heavy (non-hydrogen) atoms. The molecule has 1 N–H and O–H groups in total. The molecule has 1 aromatic carbocycles. The third-order valence-corrected chi connectivity index (χ3v) is 4.18. The van der Waals surface area contributed by atoms with Gasteiger partial charge in [-0.15, -0.1) is 0 Å². The SMILES string of the molecule is CCC(C(=O)NCc1ccc(-c2cccnc2)nc1)c1ccccc1. The van der Waals surface area contributed by atoms with Crippen LogP contribution in [0.2, 0.25) is 0 Å². The van der Waals surface area contributed by atoms with Crippen molar-refractivity contribution in [3.8, 4) is 11.3 Å². The number of benzene rings is 1. The van der Waals surface area contributed by atoms with Crippen LogP contribution in [0.1, 0.15) is 30.4 Å². The molecule has 0 saturated carbocycles. The molecule has 0 aliphatic carbocycles. The van der Waals surface area contributed by atoms with Crippen molar-refractivity contribution in [2.75, 3.05) is 0 Å². The Hall–Kier alpha value is -3.01. The Balaban J connectivity index is 1.62. The number of aromatic nitrogens is 2. The van der Waals surface area contributed by atoms with Gasteiger partial charge in [0, 0.05) is 30.7 Å². The molecule has 0 aliphatic heterocycles. The summed E-state index contributed by atoms with van der Waals surface area (Å²) in [5, 5.41) is 3.02. The zero-order valence-electron chi connectivity index (χ0n) is 14.2.